The Morgan fingerprint density at radius 3 is 2.75 bits per heavy atom. The second kappa shape index (κ2) is 5.31. The van der Waals surface area contributed by atoms with Gasteiger partial charge >= 0.3 is 0 Å². The van der Waals surface area contributed by atoms with Crippen molar-refractivity contribution in [3.05, 3.63) is 44.3 Å². The fourth-order valence-corrected chi connectivity index (χ4v) is 3.29. The Hall–Kier alpha value is -2.39. The predicted molar refractivity (Wildman–Crippen MR) is 79.7 cm³/mol. The summed E-state index contributed by atoms with van der Waals surface area (Å²) in [7, 11) is 0. The third-order valence-electron chi connectivity index (χ3n) is 3.18. The molecule has 0 aliphatic carbocycles. The van der Waals surface area contributed by atoms with Crippen LogP contribution in [-0.2, 0) is 6.42 Å². The zero-order chi connectivity index (χ0) is 14.9. The van der Waals surface area contributed by atoms with E-state index in [1.165, 1.54) is 17.4 Å². The topological polar surface area (TPSA) is 93.0 Å². The van der Waals surface area contributed by atoms with Crippen LogP contribution in [0.2, 0.25) is 0 Å². The quantitative estimate of drug-likeness (QED) is 0.688. The maximum absolute atomic E-state index is 10.9. The Kier molecular flexibility index (Phi) is 3.72. The lowest BCUT2D eigenvalue weighted by molar-refractivity contribution is -0.384. The second-order valence-electron chi connectivity index (χ2n) is 4.37. The van der Waals surface area contributed by atoms with Gasteiger partial charge in [0.05, 0.1) is 10.6 Å². The van der Waals surface area contributed by atoms with Crippen molar-refractivity contribution in [2.75, 3.05) is 5.73 Å². The van der Waals surface area contributed by atoms with Crippen LogP contribution < -0.4 is 5.73 Å². The molecule has 0 aliphatic rings. The molecule has 20 heavy (non-hydrogen) atoms. The SMILES string of the molecule is CCc1c(-c2cc([N+](=O)[O-])ccc2C)sc(C#N)c1N. The number of aryl methyl sites for hydroxylation is 1. The molecule has 0 radical (unpaired) electrons. The highest BCUT2D eigenvalue weighted by Gasteiger charge is 2.19. The Balaban J connectivity index is 2.71. The van der Waals surface area contributed by atoms with E-state index in [9.17, 15) is 10.1 Å². The van der Waals surface area contributed by atoms with Gasteiger partial charge < -0.3 is 5.73 Å². The number of non-ortho nitro benzene ring substituents is 1. The van der Waals surface area contributed by atoms with Gasteiger partial charge in [-0.05, 0) is 24.5 Å². The number of nitriles is 1. The Morgan fingerprint density at radius 2 is 2.20 bits per heavy atom. The lowest BCUT2D eigenvalue weighted by Gasteiger charge is -2.06. The van der Waals surface area contributed by atoms with E-state index in [1.54, 1.807) is 12.1 Å². The molecule has 0 unspecified atom stereocenters. The van der Waals surface area contributed by atoms with Gasteiger partial charge in [0.15, 0.2) is 0 Å². The molecular formula is C14H13N3O2S. The minimum atomic E-state index is -0.420. The van der Waals surface area contributed by atoms with Crippen molar-refractivity contribution in [2.45, 2.75) is 20.3 Å². The summed E-state index contributed by atoms with van der Waals surface area (Å²) < 4.78 is 0. The maximum Gasteiger partial charge on any atom is 0.270 e. The number of thiophene rings is 1. The number of benzene rings is 1. The largest absolute Gasteiger partial charge is 0.397 e. The first-order chi connectivity index (χ1) is 9.49. The number of nitrogens with two attached hydrogens (primary N) is 1. The van der Waals surface area contributed by atoms with Crippen LogP contribution in [0.15, 0.2) is 18.2 Å². The van der Waals surface area contributed by atoms with Gasteiger partial charge in [-0.1, -0.05) is 13.0 Å². The first-order valence-electron chi connectivity index (χ1n) is 6.06. The molecule has 5 nitrogen and oxygen atoms in total. The average Bonchev–Trinajstić information content (AvgIpc) is 2.75. The number of nitrogens with zero attached hydrogens (tertiary/aromatic N) is 2. The highest BCUT2D eigenvalue weighted by molar-refractivity contribution is 7.16. The summed E-state index contributed by atoms with van der Waals surface area (Å²) in [6.07, 6.45) is 0.682. The molecule has 2 aromatic rings. The highest BCUT2D eigenvalue weighted by Crippen LogP contribution is 2.40. The molecule has 0 atom stereocenters. The summed E-state index contributed by atoms with van der Waals surface area (Å²) in [6.45, 7) is 3.84. The predicted octanol–water partition coefficient (Wildman–Crippen LogP) is 3.65. The number of nitro groups is 1. The van der Waals surface area contributed by atoms with Crippen LogP contribution in [0.1, 0.15) is 22.9 Å². The van der Waals surface area contributed by atoms with Crippen LogP contribution in [0, 0.1) is 28.4 Å². The van der Waals surface area contributed by atoms with E-state index in [0.717, 1.165) is 21.6 Å². The molecular weight excluding hydrogens is 274 g/mol. The van der Waals surface area contributed by atoms with Crippen molar-refractivity contribution in [1.29, 1.82) is 5.26 Å². The van der Waals surface area contributed by atoms with Gasteiger partial charge in [0.25, 0.3) is 5.69 Å². The third kappa shape index (κ3) is 2.24. The van der Waals surface area contributed by atoms with E-state index in [1.807, 2.05) is 13.8 Å². The molecule has 0 amide bonds. The van der Waals surface area contributed by atoms with E-state index in [-0.39, 0.29) is 5.69 Å². The van der Waals surface area contributed by atoms with Crippen molar-refractivity contribution in [1.82, 2.24) is 0 Å². The first-order valence-corrected chi connectivity index (χ1v) is 6.87. The molecule has 2 rings (SSSR count). The summed E-state index contributed by atoms with van der Waals surface area (Å²) >= 11 is 1.29. The van der Waals surface area contributed by atoms with E-state index in [0.29, 0.717) is 17.0 Å². The van der Waals surface area contributed by atoms with E-state index in [4.69, 9.17) is 11.0 Å². The van der Waals surface area contributed by atoms with Gasteiger partial charge in [-0.3, -0.25) is 10.1 Å². The number of nitrogen functional groups attached to an aromatic ring is 1. The summed E-state index contributed by atoms with van der Waals surface area (Å²) in [5, 5.41) is 20.0. The smallest absolute Gasteiger partial charge is 0.270 e. The molecule has 2 N–H and O–H groups in total. The zero-order valence-corrected chi connectivity index (χ0v) is 12.0. The monoisotopic (exact) mass is 287 g/mol. The summed E-state index contributed by atoms with van der Waals surface area (Å²) in [5.74, 6) is 0. The van der Waals surface area contributed by atoms with Crippen LogP contribution in [0.5, 0.6) is 0 Å². The number of hydrogen-bond donors (Lipinski definition) is 1. The van der Waals surface area contributed by atoms with Gasteiger partial charge in [0.1, 0.15) is 10.9 Å². The number of hydrogen-bond acceptors (Lipinski definition) is 5. The lowest BCUT2D eigenvalue weighted by atomic mass is 10.0. The Morgan fingerprint density at radius 1 is 1.50 bits per heavy atom. The number of nitro benzene ring substituents is 1. The van der Waals surface area contributed by atoms with Crippen LogP contribution in [0.25, 0.3) is 10.4 Å². The minimum absolute atomic E-state index is 0.0399. The second-order valence-corrected chi connectivity index (χ2v) is 5.39. The van der Waals surface area contributed by atoms with E-state index >= 15 is 0 Å². The molecule has 0 saturated carbocycles. The first kappa shape index (κ1) is 14.0. The van der Waals surface area contributed by atoms with Crippen molar-refractivity contribution in [3.8, 4) is 16.5 Å². The van der Waals surface area contributed by atoms with Gasteiger partial charge in [0.2, 0.25) is 0 Å². The van der Waals surface area contributed by atoms with Crippen LogP contribution in [0.3, 0.4) is 0 Å². The molecule has 0 saturated heterocycles. The molecule has 1 heterocycles. The molecule has 6 heteroatoms. The standard InChI is InChI=1S/C14H13N3O2S/c1-3-10-13(16)12(7-15)20-14(10)11-6-9(17(18)19)5-4-8(11)2/h4-6H,3,16H2,1-2H3. The fraction of sp³-hybridized carbons (Fsp3) is 0.214. The van der Waals surface area contributed by atoms with Gasteiger partial charge in [-0.25, -0.2) is 0 Å². The molecule has 0 spiro atoms. The summed E-state index contributed by atoms with van der Waals surface area (Å²) in [4.78, 5) is 11.8. The summed E-state index contributed by atoms with van der Waals surface area (Å²) in [6, 6.07) is 6.82. The molecule has 1 aromatic carbocycles. The molecule has 0 fully saturated rings. The maximum atomic E-state index is 10.9. The minimum Gasteiger partial charge on any atom is -0.397 e. The van der Waals surface area contributed by atoms with E-state index < -0.39 is 4.92 Å². The zero-order valence-electron chi connectivity index (χ0n) is 11.1. The fourth-order valence-electron chi connectivity index (χ4n) is 2.10. The summed E-state index contributed by atoms with van der Waals surface area (Å²) in [5.41, 5.74) is 9.08. The Bertz CT molecular complexity index is 729. The average molecular weight is 287 g/mol. The third-order valence-corrected chi connectivity index (χ3v) is 4.37. The van der Waals surface area contributed by atoms with Crippen LogP contribution >= 0.6 is 11.3 Å². The van der Waals surface area contributed by atoms with Crippen molar-refractivity contribution >= 4 is 22.7 Å². The van der Waals surface area contributed by atoms with E-state index in [2.05, 4.69) is 6.07 Å². The normalized spacial score (nSPS) is 10.2. The highest BCUT2D eigenvalue weighted by atomic mass is 32.1. The van der Waals surface area contributed by atoms with Gasteiger partial charge in [-0.2, -0.15) is 5.26 Å². The number of rotatable bonds is 3. The Labute approximate surface area is 120 Å². The lowest BCUT2D eigenvalue weighted by Crippen LogP contribution is -1.93. The van der Waals surface area contributed by atoms with Gasteiger partial charge in [-0.15, -0.1) is 11.3 Å². The molecule has 0 bridgehead atoms. The molecule has 1 aromatic heterocycles. The van der Waals surface area contributed by atoms with Crippen molar-refractivity contribution in [2.24, 2.45) is 0 Å². The van der Waals surface area contributed by atoms with Crippen LogP contribution in [-0.4, -0.2) is 4.92 Å². The molecule has 102 valence electrons. The van der Waals surface area contributed by atoms with Crippen molar-refractivity contribution in [3.63, 3.8) is 0 Å². The van der Waals surface area contributed by atoms with Crippen LogP contribution in [0.4, 0.5) is 11.4 Å². The van der Waals surface area contributed by atoms with Gasteiger partial charge in [0, 0.05) is 22.6 Å². The molecule has 0 aliphatic heterocycles. The number of anilines is 1. The van der Waals surface area contributed by atoms with Crippen molar-refractivity contribution < 1.29 is 4.92 Å².